The fourth-order valence-corrected chi connectivity index (χ4v) is 1.81. The van der Waals surface area contributed by atoms with Gasteiger partial charge in [0.1, 0.15) is 0 Å². The van der Waals surface area contributed by atoms with Crippen molar-refractivity contribution in [2.24, 2.45) is 5.41 Å². The number of hydrogen-bond donors (Lipinski definition) is 1. The van der Waals surface area contributed by atoms with E-state index >= 15 is 0 Å². The van der Waals surface area contributed by atoms with Gasteiger partial charge in [0.2, 0.25) is 0 Å². The van der Waals surface area contributed by atoms with Crippen LogP contribution in [0.1, 0.15) is 47.5 Å². The Balaban J connectivity index is 5.84. The molecule has 0 bridgehead atoms. The summed E-state index contributed by atoms with van der Waals surface area (Å²) in [7, 11) is 0. The molecule has 0 fully saturated rings. The Morgan fingerprint density at radius 1 is 0.909 bits per heavy atom. The maximum Gasteiger partial charge on any atom is 0.430 e. The average molecular weight is 338 g/mol. The largest absolute Gasteiger partial charge is 0.455 e. The zero-order valence-electron chi connectivity index (χ0n) is 12.9. The summed E-state index contributed by atoms with van der Waals surface area (Å²) in [6, 6.07) is 0. The van der Waals surface area contributed by atoms with Gasteiger partial charge in [0.25, 0.3) is 5.60 Å². The second kappa shape index (κ2) is 5.90. The number of esters is 1. The van der Waals surface area contributed by atoms with Crippen LogP contribution in [0.4, 0.5) is 26.3 Å². The smallest absolute Gasteiger partial charge is 0.430 e. The summed E-state index contributed by atoms with van der Waals surface area (Å²) < 4.78 is 81.5. The number of hydrogen-bond acceptors (Lipinski definition) is 3. The molecule has 0 aliphatic carbocycles. The van der Waals surface area contributed by atoms with E-state index in [1.54, 1.807) is 13.8 Å². The number of carbonyl (C=O) groups is 1. The molecule has 0 rings (SSSR count). The monoisotopic (exact) mass is 338 g/mol. The van der Waals surface area contributed by atoms with E-state index in [0.717, 1.165) is 0 Å². The summed E-state index contributed by atoms with van der Waals surface area (Å²) in [5.41, 5.74) is -9.66. The van der Waals surface area contributed by atoms with Gasteiger partial charge in [0, 0.05) is 0 Å². The molecule has 0 aliphatic rings. The van der Waals surface area contributed by atoms with Gasteiger partial charge in [-0.05, 0) is 33.6 Å². The Labute approximate surface area is 124 Å². The van der Waals surface area contributed by atoms with Gasteiger partial charge in [-0.1, -0.05) is 13.8 Å². The normalized spacial score (nSPS) is 14.9. The predicted molar refractivity (Wildman–Crippen MR) is 65.9 cm³/mol. The van der Waals surface area contributed by atoms with Crippen LogP contribution in [0.3, 0.4) is 0 Å². The third-order valence-corrected chi connectivity index (χ3v) is 4.09. The topological polar surface area (TPSA) is 46.5 Å². The fourth-order valence-electron chi connectivity index (χ4n) is 1.81. The van der Waals surface area contributed by atoms with Gasteiger partial charge >= 0.3 is 18.3 Å². The molecule has 0 aromatic rings. The molecular weight excluding hydrogens is 318 g/mol. The van der Waals surface area contributed by atoms with Crippen molar-refractivity contribution in [1.29, 1.82) is 0 Å². The fraction of sp³-hybridized carbons (Fsp3) is 0.923. The third kappa shape index (κ3) is 3.33. The molecule has 1 N–H and O–H groups in total. The second-order valence-electron chi connectivity index (χ2n) is 5.87. The van der Waals surface area contributed by atoms with Crippen LogP contribution < -0.4 is 0 Å². The lowest BCUT2D eigenvalue weighted by Crippen LogP contribution is -2.70. The van der Waals surface area contributed by atoms with Crippen molar-refractivity contribution in [3.05, 3.63) is 0 Å². The molecule has 22 heavy (non-hydrogen) atoms. The van der Waals surface area contributed by atoms with Crippen molar-refractivity contribution in [2.45, 2.75) is 71.0 Å². The van der Waals surface area contributed by atoms with Gasteiger partial charge in [0.15, 0.2) is 5.60 Å². The molecule has 0 atom stereocenters. The molecule has 0 unspecified atom stereocenters. The van der Waals surface area contributed by atoms with Gasteiger partial charge in [0.05, 0.1) is 5.41 Å². The van der Waals surface area contributed by atoms with Crippen LogP contribution in [0.25, 0.3) is 0 Å². The number of ether oxygens (including phenoxy) is 1. The number of halogens is 6. The molecule has 0 aliphatic heterocycles. The third-order valence-electron chi connectivity index (χ3n) is 4.09. The minimum Gasteiger partial charge on any atom is -0.455 e. The first kappa shape index (κ1) is 21.0. The minimum absolute atomic E-state index is 0.162. The highest BCUT2D eigenvalue weighted by molar-refractivity contribution is 5.76. The molecule has 0 saturated heterocycles. The summed E-state index contributed by atoms with van der Waals surface area (Å²) in [4.78, 5) is 12.0. The predicted octanol–water partition coefficient (Wildman–Crippen LogP) is 3.99. The van der Waals surface area contributed by atoms with Crippen molar-refractivity contribution in [3.8, 4) is 0 Å². The summed E-state index contributed by atoms with van der Waals surface area (Å²) in [5.74, 6) is -1.23. The molecule has 0 amide bonds. The molecule has 0 saturated carbocycles. The molecule has 9 heteroatoms. The van der Waals surface area contributed by atoms with E-state index in [0.29, 0.717) is 13.8 Å². The van der Waals surface area contributed by atoms with Gasteiger partial charge in [-0.2, -0.15) is 26.3 Å². The van der Waals surface area contributed by atoms with E-state index in [2.05, 4.69) is 4.74 Å². The highest BCUT2D eigenvalue weighted by Crippen LogP contribution is 2.51. The molecule has 0 aromatic heterocycles. The van der Waals surface area contributed by atoms with E-state index in [9.17, 15) is 36.2 Å². The Morgan fingerprint density at radius 2 is 1.23 bits per heavy atom. The molecule has 0 spiro atoms. The average Bonchev–Trinajstić information content (AvgIpc) is 2.33. The molecular formula is C13H20F6O3. The zero-order valence-corrected chi connectivity index (χ0v) is 12.9. The van der Waals surface area contributed by atoms with Crippen LogP contribution in [0, 0.1) is 5.41 Å². The lowest BCUT2D eigenvalue weighted by atomic mass is 9.81. The van der Waals surface area contributed by atoms with Crippen molar-refractivity contribution in [3.63, 3.8) is 0 Å². The number of alkyl halides is 6. The maximum atomic E-state index is 12.8. The maximum absolute atomic E-state index is 12.8. The van der Waals surface area contributed by atoms with Crippen molar-refractivity contribution < 1.29 is 41.0 Å². The Kier molecular flexibility index (Phi) is 5.63. The quantitative estimate of drug-likeness (QED) is 0.609. The summed E-state index contributed by atoms with van der Waals surface area (Å²) >= 11 is 0. The summed E-state index contributed by atoms with van der Waals surface area (Å²) in [5, 5.41) is 9.34. The van der Waals surface area contributed by atoms with E-state index in [1.807, 2.05) is 0 Å². The summed E-state index contributed by atoms with van der Waals surface area (Å²) in [6.07, 6.45) is -11.8. The van der Waals surface area contributed by atoms with E-state index in [1.165, 1.54) is 6.92 Å². The van der Waals surface area contributed by atoms with Gasteiger partial charge in [-0.3, -0.25) is 4.79 Å². The van der Waals surface area contributed by atoms with Crippen molar-refractivity contribution in [1.82, 2.24) is 0 Å². The Bertz CT molecular complexity index is 393. The molecule has 0 heterocycles. The first-order valence-corrected chi connectivity index (χ1v) is 6.59. The van der Waals surface area contributed by atoms with Gasteiger partial charge in [-0.25, -0.2) is 0 Å². The zero-order chi connectivity index (χ0) is 18.2. The lowest BCUT2D eigenvalue weighted by Gasteiger charge is -2.44. The van der Waals surface area contributed by atoms with Crippen LogP contribution in [0.15, 0.2) is 0 Å². The van der Waals surface area contributed by atoms with Crippen LogP contribution >= 0.6 is 0 Å². The first-order chi connectivity index (χ1) is 9.50. The standard InChI is InChI=1S/C13H20F6O3/c1-6-10(5,7-2)8(20)22-9(3,4)11(21,12(14,15)16)13(17,18)19/h21H,6-7H2,1-5H3. The van der Waals surface area contributed by atoms with Gasteiger partial charge in [-0.15, -0.1) is 0 Å². The molecule has 3 nitrogen and oxygen atoms in total. The van der Waals surface area contributed by atoms with Crippen LogP contribution in [-0.2, 0) is 9.53 Å². The van der Waals surface area contributed by atoms with Crippen LogP contribution in [-0.4, -0.2) is 34.6 Å². The van der Waals surface area contributed by atoms with E-state index in [4.69, 9.17) is 0 Å². The molecule has 0 radical (unpaired) electrons. The molecule has 132 valence electrons. The minimum atomic E-state index is -6.07. The van der Waals surface area contributed by atoms with E-state index in [-0.39, 0.29) is 12.8 Å². The molecule has 0 aromatic carbocycles. The highest BCUT2D eigenvalue weighted by Gasteiger charge is 2.78. The number of rotatable bonds is 5. The second-order valence-corrected chi connectivity index (χ2v) is 5.87. The SMILES string of the molecule is CCC(C)(CC)C(=O)OC(C)(C)C(O)(C(F)(F)F)C(F)(F)F. The van der Waals surface area contributed by atoms with Crippen molar-refractivity contribution >= 4 is 5.97 Å². The van der Waals surface area contributed by atoms with Gasteiger partial charge < -0.3 is 9.84 Å². The Hall–Kier alpha value is -0.990. The van der Waals surface area contributed by atoms with Crippen LogP contribution in [0.5, 0.6) is 0 Å². The summed E-state index contributed by atoms with van der Waals surface area (Å²) in [6.45, 7) is 5.25. The first-order valence-electron chi connectivity index (χ1n) is 6.59. The lowest BCUT2D eigenvalue weighted by molar-refractivity contribution is -0.408. The Morgan fingerprint density at radius 3 is 1.45 bits per heavy atom. The number of aliphatic hydroxyl groups is 1. The van der Waals surface area contributed by atoms with Crippen LogP contribution in [0.2, 0.25) is 0 Å². The van der Waals surface area contributed by atoms with E-state index < -0.39 is 34.9 Å². The van der Waals surface area contributed by atoms with Crippen molar-refractivity contribution in [2.75, 3.05) is 0 Å². The highest BCUT2D eigenvalue weighted by atomic mass is 19.4. The number of carbonyl (C=O) groups excluding carboxylic acids is 1.